The third kappa shape index (κ3) is 2.59. The zero-order valence-electron chi connectivity index (χ0n) is 8.19. The Hall–Kier alpha value is -0.800. The molecule has 1 fully saturated rings. The SMILES string of the molecule is OC(Cc1ccoc1)CC1CCOC1. The predicted molar refractivity (Wildman–Crippen MR) is 52.0 cm³/mol. The molecule has 14 heavy (non-hydrogen) atoms. The van der Waals surface area contributed by atoms with Crippen molar-refractivity contribution >= 4 is 0 Å². The fourth-order valence-electron chi connectivity index (χ4n) is 1.92. The highest BCUT2D eigenvalue weighted by molar-refractivity contribution is 5.06. The highest BCUT2D eigenvalue weighted by atomic mass is 16.5. The van der Waals surface area contributed by atoms with Crippen LogP contribution >= 0.6 is 0 Å². The van der Waals surface area contributed by atoms with Crippen molar-refractivity contribution in [3.05, 3.63) is 24.2 Å². The molecule has 0 amide bonds. The van der Waals surface area contributed by atoms with Crippen molar-refractivity contribution in [2.75, 3.05) is 13.2 Å². The average molecular weight is 196 g/mol. The van der Waals surface area contributed by atoms with Gasteiger partial charge < -0.3 is 14.3 Å². The van der Waals surface area contributed by atoms with Crippen molar-refractivity contribution in [1.82, 2.24) is 0 Å². The molecule has 3 nitrogen and oxygen atoms in total. The average Bonchev–Trinajstić information content (AvgIpc) is 2.76. The highest BCUT2D eigenvalue weighted by Gasteiger charge is 2.19. The summed E-state index contributed by atoms with van der Waals surface area (Å²) in [6.07, 6.45) is 5.68. The van der Waals surface area contributed by atoms with E-state index in [0.29, 0.717) is 12.3 Å². The molecule has 0 aliphatic carbocycles. The molecular formula is C11H16O3. The summed E-state index contributed by atoms with van der Waals surface area (Å²) in [6, 6.07) is 1.90. The molecule has 0 bridgehead atoms. The van der Waals surface area contributed by atoms with Crippen LogP contribution in [0.5, 0.6) is 0 Å². The lowest BCUT2D eigenvalue weighted by Crippen LogP contribution is -2.16. The van der Waals surface area contributed by atoms with Crippen molar-refractivity contribution in [2.45, 2.75) is 25.4 Å². The monoisotopic (exact) mass is 196 g/mol. The van der Waals surface area contributed by atoms with Gasteiger partial charge in [0.05, 0.1) is 18.6 Å². The fourth-order valence-corrected chi connectivity index (χ4v) is 1.92. The highest BCUT2D eigenvalue weighted by Crippen LogP contribution is 2.19. The number of rotatable bonds is 4. The summed E-state index contributed by atoms with van der Waals surface area (Å²) in [5.74, 6) is 0.539. The number of aliphatic hydroxyl groups excluding tert-OH is 1. The predicted octanol–water partition coefficient (Wildman–Crippen LogP) is 1.61. The number of hydrogen-bond acceptors (Lipinski definition) is 3. The maximum Gasteiger partial charge on any atom is 0.0935 e. The Bertz CT molecular complexity index is 250. The van der Waals surface area contributed by atoms with Gasteiger partial charge in [-0.15, -0.1) is 0 Å². The van der Waals surface area contributed by atoms with Crippen LogP contribution in [0.1, 0.15) is 18.4 Å². The van der Waals surface area contributed by atoms with Gasteiger partial charge in [0, 0.05) is 19.6 Å². The Morgan fingerprint density at radius 1 is 1.57 bits per heavy atom. The zero-order valence-corrected chi connectivity index (χ0v) is 8.19. The van der Waals surface area contributed by atoms with Crippen molar-refractivity contribution < 1.29 is 14.3 Å². The quantitative estimate of drug-likeness (QED) is 0.795. The lowest BCUT2D eigenvalue weighted by molar-refractivity contribution is 0.128. The van der Waals surface area contributed by atoms with Gasteiger partial charge in [0.25, 0.3) is 0 Å². The second-order valence-corrected chi connectivity index (χ2v) is 3.95. The Labute approximate surface area is 83.7 Å². The van der Waals surface area contributed by atoms with E-state index in [4.69, 9.17) is 9.15 Å². The Morgan fingerprint density at radius 3 is 3.14 bits per heavy atom. The molecule has 0 saturated carbocycles. The molecule has 1 aromatic heterocycles. The first-order chi connectivity index (χ1) is 6.84. The van der Waals surface area contributed by atoms with E-state index in [-0.39, 0.29) is 6.10 Å². The summed E-state index contributed by atoms with van der Waals surface area (Å²) in [4.78, 5) is 0. The number of furan rings is 1. The van der Waals surface area contributed by atoms with Gasteiger partial charge in [0.15, 0.2) is 0 Å². The third-order valence-electron chi connectivity index (χ3n) is 2.68. The molecule has 2 atom stereocenters. The van der Waals surface area contributed by atoms with E-state index in [0.717, 1.165) is 31.6 Å². The third-order valence-corrected chi connectivity index (χ3v) is 2.68. The van der Waals surface area contributed by atoms with Crippen LogP contribution in [-0.4, -0.2) is 24.4 Å². The normalized spacial score (nSPS) is 23.9. The number of hydrogen-bond donors (Lipinski definition) is 1. The topological polar surface area (TPSA) is 42.6 Å². The second kappa shape index (κ2) is 4.62. The standard InChI is InChI=1S/C11H16O3/c12-11(5-9-1-3-13-7-9)6-10-2-4-14-8-10/h1,3,7,10-12H,2,4-6,8H2. The van der Waals surface area contributed by atoms with Crippen LogP contribution in [0.15, 0.2) is 23.0 Å². The molecule has 2 rings (SSSR count). The molecule has 1 aromatic rings. The molecule has 1 N–H and O–H groups in total. The molecule has 1 aliphatic rings. The van der Waals surface area contributed by atoms with E-state index >= 15 is 0 Å². The first kappa shape index (κ1) is 9.74. The van der Waals surface area contributed by atoms with Crippen molar-refractivity contribution in [3.8, 4) is 0 Å². The first-order valence-corrected chi connectivity index (χ1v) is 5.11. The second-order valence-electron chi connectivity index (χ2n) is 3.95. The van der Waals surface area contributed by atoms with Gasteiger partial charge in [-0.05, 0) is 30.4 Å². The molecule has 1 aliphatic heterocycles. The van der Waals surface area contributed by atoms with Crippen LogP contribution in [0, 0.1) is 5.92 Å². The van der Waals surface area contributed by atoms with Crippen LogP contribution in [0.25, 0.3) is 0 Å². The Kier molecular flexibility index (Phi) is 3.22. The first-order valence-electron chi connectivity index (χ1n) is 5.11. The molecule has 0 spiro atoms. The van der Waals surface area contributed by atoms with Crippen molar-refractivity contribution in [1.29, 1.82) is 0 Å². The van der Waals surface area contributed by atoms with Crippen LogP contribution in [0.3, 0.4) is 0 Å². The minimum Gasteiger partial charge on any atom is -0.472 e. The van der Waals surface area contributed by atoms with E-state index in [9.17, 15) is 5.11 Å². The minimum atomic E-state index is -0.265. The molecule has 78 valence electrons. The summed E-state index contributed by atoms with van der Waals surface area (Å²) in [5.41, 5.74) is 1.07. The summed E-state index contributed by atoms with van der Waals surface area (Å²) in [7, 11) is 0. The molecule has 2 unspecified atom stereocenters. The summed E-state index contributed by atoms with van der Waals surface area (Å²) < 4.78 is 10.2. The zero-order chi connectivity index (χ0) is 9.80. The molecular weight excluding hydrogens is 180 g/mol. The summed E-state index contributed by atoms with van der Waals surface area (Å²) in [6.45, 7) is 1.66. The Morgan fingerprint density at radius 2 is 2.50 bits per heavy atom. The van der Waals surface area contributed by atoms with Gasteiger partial charge in [-0.3, -0.25) is 0 Å². The smallest absolute Gasteiger partial charge is 0.0935 e. The van der Waals surface area contributed by atoms with E-state index < -0.39 is 0 Å². The van der Waals surface area contributed by atoms with E-state index in [1.807, 2.05) is 6.07 Å². The van der Waals surface area contributed by atoms with Crippen LogP contribution in [0.4, 0.5) is 0 Å². The number of aliphatic hydroxyl groups is 1. The maximum atomic E-state index is 9.78. The van der Waals surface area contributed by atoms with Gasteiger partial charge >= 0.3 is 0 Å². The molecule has 1 saturated heterocycles. The minimum absolute atomic E-state index is 0.265. The molecule has 0 aromatic carbocycles. The van der Waals surface area contributed by atoms with Gasteiger partial charge in [-0.1, -0.05) is 0 Å². The van der Waals surface area contributed by atoms with Gasteiger partial charge in [0.2, 0.25) is 0 Å². The van der Waals surface area contributed by atoms with Crippen molar-refractivity contribution in [2.24, 2.45) is 5.92 Å². The molecule has 2 heterocycles. The van der Waals surface area contributed by atoms with E-state index in [1.54, 1.807) is 12.5 Å². The van der Waals surface area contributed by atoms with Gasteiger partial charge in [0.1, 0.15) is 0 Å². The van der Waals surface area contributed by atoms with Crippen LogP contribution in [-0.2, 0) is 11.2 Å². The number of ether oxygens (including phenoxy) is 1. The lowest BCUT2D eigenvalue weighted by Gasteiger charge is -2.13. The van der Waals surface area contributed by atoms with E-state index in [1.165, 1.54) is 0 Å². The van der Waals surface area contributed by atoms with Crippen molar-refractivity contribution in [3.63, 3.8) is 0 Å². The summed E-state index contributed by atoms with van der Waals surface area (Å²) in [5, 5.41) is 9.78. The van der Waals surface area contributed by atoms with Crippen LogP contribution < -0.4 is 0 Å². The Balaban J connectivity index is 1.75. The lowest BCUT2D eigenvalue weighted by atomic mass is 9.97. The fraction of sp³-hybridized carbons (Fsp3) is 0.636. The molecule has 3 heteroatoms. The largest absolute Gasteiger partial charge is 0.472 e. The summed E-state index contributed by atoms with van der Waals surface area (Å²) >= 11 is 0. The van der Waals surface area contributed by atoms with Gasteiger partial charge in [-0.2, -0.15) is 0 Å². The molecule has 0 radical (unpaired) electrons. The van der Waals surface area contributed by atoms with E-state index in [2.05, 4.69) is 0 Å². The van der Waals surface area contributed by atoms with Crippen LogP contribution in [0.2, 0.25) is 0 Å². The van der Waals surface area contributed by atoms with Gasteiger partial charge in [-0.25, -0.2) is 0 Å². The maximum absolute atomic E-state index is 9.78.